The van der Waals surface area contributed by atoms with E-state index in [9.17, 15) is 32.9 Å². The van der Waals surface area contributed by atoms with Gasteiger partial charge in [0, 0.05) is 11.6 Å². The third kappa shape index (κ3) is 5.48. The number of nitrogens with zero attached hydrogens (tertiary/aromatic N) is 5. The number of rotatable bonds is 4. The minimum absolute atomic E-state index is 0.00528. The number of alkyl halides is 3. The molecule has 0 aliphatic heterocycles. The van der Waals surface area contributed by atoms with Gasteiger partial charge in [0.05, 0.1) is 10.5 Å². The Morgan fingerprint density at radius 1 is 1.15 bits per heavy atom. The molecule has 0 atom stereocenters. The van der Waals surface area contributed by atoms with E-state index in [4.69, 9.17) is 0 Å². The number of nitro groups is 1. The second-order valence-electron chi connectivity index (χ2n) is 7.72. The van der Waals surface area contributed by atoms with Gasteiger partial charge < -0.3 is 5.32 Å². The van der Waals surface area contributed by atoms with Crippen molar-refractivity contribution in [2.75, 3.05) is 5.32 Å². The van der Waals surface area contributed by atoms with E-state index in [-0.39, 0.29) is 28.5 Å². The van der Waals surface area contributed by atoms with Crippen molar-refractivity contribution >= 4 is 17.3 Å². The van der Waals surface area contributed by atoms with Gasteiger partial charge in [0.2, 0.25) is 5.82 Å². The maximum Gasteiger partial charge on any atom is 0.433 e. The monoisotopic (exact) mass is 478 g/mol. The molecule has 180 valence electrons. The molecule has 0 amide bonds. The summed E-state index contributed by atoms with van der Waals surface area (Å²) in [7, 11) is 0. The number of nitrogens with one attached hydrogen (secondary N) is 1. The highest BCUT2D eigenvalue weighted by Crippen LogP contribution is 2.36. The molecular weight excluding hydrogens is 456 g/mol. The summed E-state index contributed by atoms with van der Waals surface area (Å²) in [5.74, 6) is -1.25. The minimum atomic E-state index is -4.67. The lowest BCUT2D eigenvalue weighted by Crippen LogP contribution is -2.25. The zero-order chi connectivity index (χ0) is 25.8. The van der Waals surface area contributed by atoms with Crippen LogP contribution in [0.25, 0.3) is 11.3 Å². The molecule has 0 radical (unpaired) electrons. The molecule has 12 heteroatoms. The van der Waals surface area contributed by atoms with Crippen molar-refractivity contribution in [2.45, 2.75) is 46.3 Å². The predicted molar refractivity (Wildman–Crippen MR) is 118 cm³/mol. The van der Waals surface area contributed by atoms with Gasteiger partial charge in [-0.05, 0) is 45.0 Å². The van der Waals surface area contributed by atoms with Crippen molar-refractivity contribution < 1.29 is 22.5 Å². The predicted octanol–water partition coefficient (Wildman–Crippen LogP) is 6.41. The van der Waals surface area contributed by atoms with E-state index < -0.39 is 33.8 Å². The standard InChI is InChI=1S/C20H16F4N6O2.C2H6/c1-19(2,3)29-18(27-16-6-4-5-15(26-16)20(22,23)24)12(10-25)17(28-29)11-7-8-14(30(31)32)13(21)9-11;1-2/h4-9H,1-3H3,(H,26,27);1-2H3. The van der Waals surface area contributed by atoms with Gasteiger partial charge in [0.15, 0.2) is 0 Å². The molecule has 0 aliphatic carbocycles. The van der Waals surface area contributed by atoms with Crippen LogP contribution in [0.1, 0.15) is 45.9 Å². The van der Waals surface area contributed by atoms with Crippen LogP contribution in [-0.2, 0) is 11.7 Å². The van der Waals surface area contributed by atoms with E-state index in [1.54, 1.807) is 20.8 Å². The molecule has 1 N–H and O–H groups in total. The summed E-state index contributed by atoms with van der Waals surface area (Å²) >= 11 is 0. The summed E-state index contributed by atoms with van der Waals surface area (Å²) in [4.78, 5) is 13.5. The molecule has 34 heavy (non-hydrogen) atoms. The van der Waals surface area contributed by atoms with Crippen LogP contribution in [0, 0.1) is 27.3 Å². The Labute approximate surface area is 193 Å². The Balaban J connectivity index is 0.00000199. The Kier molecular flexibility index (Phi) is 7.61. The number of hydrogen-bond acceptors (Lipinski definition) is 6. The maximum atomic E-state index is 14.2. The Morgan fingerprint density at radius 2 is 1.79 bits per heavy atom. The molecule has 2 aromatic heterocycles. The first-order chi connectivity index (χ1) is 15.8. The van der Waals surface area contributed by atoms with Crippen LogP contribution in [-0.4, -0.2) is 19.7 Å². The van der Waals surface area contributed by atoms with Crippen LogP contribution in [0.4, 0.5) is 34.9 Å². The minimum Gasteiger partial charge on any atom is -0.324 e. The zero-order valence-corrected chi connectivity index (χ0v) is 19.0. The topological polar surface area (TPSA) is 110 Å². The third-order valence-electron chi connectivity index (χ3n) is 4.34. The lowest BCUT2D eigenvalue weighted by Gasteiger charge is -2.22. The number of benzene rings is 1. The van der Waals surface area contributed by atoms with E-state index in [0.717, 1.165) is 24.3 Å². The van der Waals surface area contributed by atoms with Gasteiger partial charge in [-0.15, -0.1) is 0 Å². The van der Waals surface area contributed by atoms with Gasteiger partial charge in [0.25, 0.3) is 0 Å². The van der Waals surface area contributed by atoms with Crippen molar-refractivity contribution in [1.82, 2.24) is 14.8 Å². The summed E-state index contributed by atoms with van der Waals surface area (Å²) in [6.45, 7) is 9.23. The normalized spacial score (nSPS) is 11.3. The lowest BCUT2D eigenvalue weighted by atomic mass is 10.1. The van der Waals surface area contributed by atoms with Gasteiger partial charge in [-0.3, -0.25) is 10.1 Å². The molecule has 0 aliphatic rings. The second kappa shape index (κ2) is 9.86. The molecule has 3 aromatic rings. The van der Waals surface area contributed by atoms with Gasteiger partial charge in [-0.2, -0.15) is 27.9 Å². The molecular formula is C22H22F4N6O2. The summed E-state index contributed by atoms with van der Waals surface area (Å²) in [5.41, 5.74) is -2.60. The summed E-state index contributed by atoms with van der Waals surface area (Å²) in [5, 5.41) is 27.7. The number of nitriles is 1. The van der Waals surface area contributed by atoms with Crippen molar-refractivity contribution in [2.24, 2.45) is 0 Å². The quantitative estimate of drug-likeness (QED) is 0.264. The molecule has 0 spiro atoms. The summed E-state index contributed by atoms with van der Waals surface area (Å²) in [6.07, 6.45) is -4.67. The van der Waals surface area contributed by atoms with E-state index in [2.05, 4.69) is 15.4 Å². The Bertz CT molecular complexity index is 1240. The molecule has 0 unspecified atom stereocenters. The number of aromatic nitrogens is 3. The first-order valence-electron chi connectivity index (χ1n) is 10.1. The summed E-state index contributed by atoms with van der Waals surface area (Å²) in [6, 6.07) is 8.25. The van der Waals surface area contributed by atoms with Crippen LogP contribution < -0.4 is 5.32 Å². The van der Waals surface area contributed by atoms with Crippen LogP contribution in [0.15, 0.2) is 36.4 Å². The number of hydrogen-bond donors (Lipinski definition) is 1. The highest BCUT2D eigenvalue weighted by Gasteiger charge is 2.33. The first-order valence-corrected chi connectivity index (χ1v) is 10.1. The molecule has 1 aromatic carbocycles. The van der Waals surface area contributed by atoms with Crippen molar-refractivity contribution in [3.05, 3.63) is 63.6 Å². The summed E-state index contributed by atoms with van der Waals surface area (Å²) < 4.78 is 54.6. The van der Waals surface area contributed by atoms with E-state index in [0.29, 0.717) is 0 Å². The fraction of sp³-hybridized carbons (Fsp3) is 0.318. The van der Waals surface area contributed by atoms with E-state index >= 15 is 0 Å². The van der Waals surface area contributed by atoms with Crippen molar-refractivity contribution in [3.8, 4) is 17.3 Å². The number of nitro benzene ring substituents is 1. The van der Waals surface area contributed by atoms with Gasteiger partial charge in [0.1, 0.15) is 34.7 Å². The van der Waals surface area contributed by atoms with Crippen LogP contribution in [0.5, 0.6) is 0 Å². The largest absolute Gasteiger partial charge is 0.433 e. The average Bonchev–Trinajstić information content (AvgIpc) is 3.13. The van der Waals surface area contributed by atoms with Crippen LogP contribution >= 0.6 is 0 Å². The van der Waals surface area contributed by atoms with Crippen LogP contribution in [0.3, 0.4) is 0 Å². The third-order valence-corrected chi connectivity index (χ3v) is 4.34. The van der Waals surface area contributed by atoms with Crippen molar-refractivity contribution in [1.29, 1.82) is 5.26 Å². The van der Waals surface area contributed by atoms with Gasteiger partial charge in [-0.25, -0.2) is 9.67 Å². The zero-order valence-electron chi connectivity index (χ0n) is 19.0. The highest BCUT2D eigenvalue weighted by atomic mass is 19.4. The van der Waals surface area contributed by atoms with E-state index in [1.165, 1.54) is 16.8 Å². The maximum absolute atomic E-state index is 14.2. The molecule has 0 saturated heterocycles. The smallest absolute Gasteiger partial charge is 0.324 e. The van der Waals surface area contributed by atoms with Gasteiger partial charge >= 0.3 is 11.9 Å². The molecule has 0 saturated carbocycles. The Morgan fingerprint density at radius 3 is 2.29 bits per heavy atom. The Hall–Kier alpha value is -4.01. The van der Waals surface area contributed by atoms with Crippen LogP contribution in [0.2, 0.25) is 0 Å². The fourth-order valence-corrected chi connectivity index (χ4v) is 2.91. The SMILES string of the molecule is CC.CC(C)(C)n1nc(-c2ccc([N+](=O)[O-])c(F)c2)c(C#N)c1Nc1cccc(C(F)(F)F)n1. The fourth-order valence-electron chi connectivity index (χ4n) is 2.91. The van der Waals surface area contributed by atoms with Gasteiger partial charge in [-0.1, -0.05) is 19.9 Å². The highest BCUT2D eigenvalue weighted by molar-refractivity contribution is 5.76. The number of pyridine rings is 1. The molecule has 0 bridgehead atoms. The molecule has 3 rings (SSSR count). The molecule has 0 fully saturated rings. The number of anilines is 2. The first kappa shape index (κ1) is 26.2. The number of halogens is 4. The second-order valence-corrected chi connectivity index (χ2v) is 7.72. The average molecular weight is 478 g/mol. The molecule has 8 nitrogen and oxygen atoms in total. The molecule has 2 heterocycles. The van der Waals surface area contributed by atoms with E-state index in [1.807, 2.05) is 19.9 Å². The van der Waals surface area contributed by atoms with Crippen molar-refractivity contribution in [3.63, 3.8) is 0 Å². The lowest BCUT2D eigenvalue weighted by molar-refractivity contribution is -0.387.